The number of carbonyl (C=O) groups is 1. The van der Waals surface area contributed by atoms with Gasteiger partial charge in [0.15, 0.2) is 5.82 Å². The fourth-order valence-corrected chi connectivity index (χ4v) is 5.86. The lowest BCUT2D eigenvalue weighted by Crippen LogP contribution is -2.35. The third kappa shape index (κ3) is 6.32. The highest BCUT2D eigenvalue weighted by molar-refractivity contribution is 5.97. The molecule has 1 atom stereocenters. The number of imidazole rings is 1. The number of esters is 1. The summed E-state index contributed by atoms with van der Waals surface area (Å²) >= 11 is 0. The molecule has 2 aliphatic rings. The van der Waals surface area contributed by atoms with E-state index < -0.39 is 17.6 Å². The highest BCUT2D eigenvalue weighted by Crippen LogP contribution is 2.34. The zero-order valence-electron chi connectivity index (χ0n) is 25.1. The Morgan fingerprint density at radius 1 is 1.11 bits per heavy atom. The Bertz CT molecular complexity index is 1760. The number of rotatable bonds is 10. The molecule has 0 aliphatic carbocycles. The molecule has 0 saturated carbocycles. The fraction of sp³-hybridized carbons (Fsp3) is 0.394. The molecule has 2 aromatic carbocycles. The quantitative estimate of drug-likeness (QED) is 0.224. The number of hydrogen-bond donors (Lipinski definition) is 0. The van der Waals surface area contributed by atoms with Crippen molar-refractivity contribution in [3.05, 3.63) is 82.3 Å². The Morgan fingerprint density at radius 2 is 1.91 bits per heavy atom. The third-order valence-electron chi connectivity index (χ3n) is 8.48. The lowest BCUT2D eigenvalue weighted by molar-refractivity contribution is -0.0592. The second-order valence-electron chi connectivity index (χ2n) is 11.2. The van der Waals surface area contributed by atoms with Gasteiger partial charge in [-0.05, 0) is 50.6 Å². The first kappa shape index (κ1) is 30.4. The smallest absolute Gasteiger partial charge is 0.341 e. The van der Waals surface area contributed by atoms with Crippen LogP contribution >= 0.6 is 0 Å². The molecule has 10 nitrogen and oxygen atoms in total. The minimum atomic E-state index is -0.784. The van der Waals surface area contributed by atoms with Crippen molar-refractivity contribution in [2.45, 2.75) is 51.0 Å². The molecule has 2 fully saturated rings. The second kappa shape index (κ2) is 13.2. The van der Waals surface area contributed by atoms with Crippen LogP contribution in [0.1, 0.15) is 58.2 Å². The summed E-state index contributed by atoms with van der Waals surface area (Å²) in [5.74, 6) is -0.377. The first-order valence-corrected chi connectivity index (χ1v) is 14.8. The lowest BCUT2D eigenvalue weighted by atomic mass is 9.93. The maximum atomic E-state index is 15.8. The molecule has 234 valence electrons. The maximum Gasteiger partial charge on any atom is 0.341 e. The number of aromatic nitrogens is 3. The zero-order valence-corrected chi connectivity index (χ0v) is 25.1. The molecule has 0 bridgehead atoms. The van der Waals surface area contributed by atoms with Crippen LogP contribution < -0.4 is 9.47 Å². The summed E-state index contributed by atoms with van der Waals surface area (Å²) in [4.78, 5) is 24.1. The van der Waals surface area contributed by atoms with Gasteiger partial charge in [-0.1, -0.05) is 12.1 Å². The van der Waals surface area contributed by atoms with E-state index in [1.807, 2.05) is 22.8 Å². The second-order valence-corrected chi connectivity index (χ2v) is 11.2. The van der Waals surface area contributed by atoms with Gasteiger partial charge in [-0.3, -0.25) is 4.90 Å². The van der Waals surface area contributed by atoms with Crippen LogP contribution in [0.2, 0.25) is 0 Å². The number of ether oxygens (including phenoxy) is 4. The molecule has 2 saturated heterocycles. The summed E-state index contributed by atoms with van der Waals surface area (Å²) in [6.45, 7) is 3.10. The first-order chi connectivity index (χ1) is 21.9. The van der Waals surface area contributed by atoms with Crippen molar-refractivity contribution in [3.8, 4) is 17.7 Å². The van der Waals surface area contributed by atoms with E-state index in [4.69, 9.17) is 34.2 Å². The average molecular weight is 618 g/mol. The van der Waals surface area contributed by atoms with E-state index in [0.717, 1.165) is 38.0 Å². The van der Waals surface area contributed by atoms with Crippen molar-refractivity contribution in [2.75, 3.05) is 33.9 Å². The highest BCUT2D eigenvalue weighted by Gasteiger charge is 2.30. The topological polar surface area (TPSA) is 112 Å². The molecule has 2 aliphatic heterocycles. The van der Waals surface area contributed by atoms with Crippen LogP contribution in [0.3, 0.4) is 0 Å². The van der Waals surface area contributed by atoms with Crippen molar-refractivity contribution in [1.82, 2.24) is 19.4 Å². The molecular weight excluding hydrogens is 584 g/mol. The van der Waals surface area contributed by atoms with Crippen molar-refractivity contribution >= 4 is 17.0 Å². The number of piperidine rings is 1. The molecule has 0 unspecified atom stereocenters. The van der Waals surface area contributed by atoms with Gasteiger partial charge < -0.3 is 23.5 Å². The van der Waals surface area contributed by atoms with Crippen molar-refractivity contribution in [2.24, 2.45) is 0 Å². The van der Waals surface area contributed by atoms with Gasteiger partial charge in [-0.15, -0.1) is 0 Å². The van der Waals surface area contributed by atoms with Crippen LogP contribution in [-0.2, 0) is 29.2 Å². The number of halogens is 2. The summed E-state index contributed by atoms with van der Waals surface area (Å²) in [6.07, 6.45) is 2.49. The number of benzene rings is 2. The summed E-state index contributed by atoms with van der Waals surface area (Å²) in [6, 6.07) is 13.2. The van der Waals surface area contributed by atoms with E-state index in [2.05, 4.69) is 4.90 Å². The number of pyridine rings is 1. The minimum absolute atomic E-state index is 0.00579. The Morgan fingerprint density at radius 3 is 2.58 bits per heavy atom. The van der Waals surface area contributed by atoms with Crippen molar-refractivity contribution < 1.29 is 32.5 Å². The number of likely N-dealkylation sites (tertiary alicyclic amines) is 1. The molecule has 45 heavy (non-hydrogen) atoms. The SMILES string of the molecule is COC(=O)c1cc(OC)c2nc(CN3CCC(c4cccc(OCc5ccc(C#N)cc5F)n4)CC3)n(C[C@@H]3CCO3)c2c1F. The van der Waals surface area contributed by atoms with Gasteiger partial charge in [0, 0.05) is 35.9 Å². The van der Waals surface area contributed by atoms with Crippen LogP contribution in [0, 0.1) is 23.0 Å². The highest BCUT2D eigenvalue weighted by atomic mass is 19.1. The van der Waals surface area contributed by atoms with E-state index >= 15 is 4.39 Å². The summed E-state index contributed by atoms with van der Waals surface area (Å²) < 4.78 is 53.7. The Labute approximate surface area is 259 Å². The molecule has 0 spiro atoms. The summed E-state index contributed by atoms with van der Waals surface area (Å²) in [5, 5.41) is 8.95. The number of methoxy groups -OCH3 is 2. The van der Waals surface area contributed by atoms with Gasteiger partial charge in [0.2, 0.25) is 5.88 Å². The molecule has 12 heteroatoms. The number of nitrogens with zero attached hydrogens (tertiary/aromatic N) is 5. The fourth-order valence-electron chi connectivity index (χ4n) is 5.86. The van der Waals surface area contributed by atoms with E-state index in [1.54, 1.807) is 18.2 Å². The number of hydrogen-bond acceptors (Lipinski definition) is 9. The summed E-state index contributed by atoms with van der Waals surface area (Å²) in [5.41, 5.74) is 1.87. The van der Waals surface area contributed by atoms with Gasteiger partial charge in [0.1, 0.15) is 40.6 Å². The van der Waals surface area contributed by atoms with Crippen molar-refractivity contribution in [3.63, 3.8) is 0 Å². The number of carbonyl (C=O) groups excluding carboxylic acids is 1. The summed E-state index contributed by atoms with van der Waals surface area (Å²) in [7, 11) is 2.68. The zero-order chi connectivity index (χ0) is 31.5. The minimum Gasteiger partial charge on any atom is -0.494 e. The number of nitriles is 1. The van der Waals surface area contributed by atoms with Crippen LogP contribution in [0.25, 0.3) is 11.0 Å². The molecule has 4 heterocycles. The maximum absolute atomic E-state index is 15.8. The number of fused-ring (bicyclic) bond motifs is 1. The molecular formula is C33H33F2N5O5. The van der Waals surface area contributed by atoms with Crippen LogP contribution in [0.4, 0.5) is 8.78 Å². The molecule has 0 N–H and O–H groups in total. The van der Waals surface area contributed by atoms with Gasteiger partial charge in [0.25, 0.3) is 0 Å². The van der Waals surface area contributed by atoms with Crippen LogP contribution in [0.15, 0.2) is 42.5 Å². The monoisotopic (exact) mass is 617 g/mol. The van der Waals surface area contributed by atoms with Gasteiger partial charge in [-0.2, -0.15) is 5.26 Å². The predicted octanol–water partition coefficient (Wildman–Crippen LogP) is 5.12. The average Bonchev–Trinajstić information content (AvgIpc) is 3.40. The van der Waals surface area contributed by atoms with E-state index in [1.165, 1.54) is 26.4 Å². The first-order valence-electron chi connectivity index (χ1n) is 14.8. The predicted molar refractivity (Wildman–Crippen MR) is 159 cm³/mol. The molecule has 2 aromatic heterocycles. The Kier molecular flexibility index (Phi) is 8.91. The Balaban J connectivity index is 1.16. The lowest BCUT2D eigenvalue weighted by Gasteiger charge is -2.32. The van der Waals surface area contributed by atoms with Crippen LogP contribution in [0.5, 0.6) is 11.6 Å². The van der Waals surface area contributed by atoms with Gasteiger partial charge >= 0.3 is 5.97 Å². The van der Waals surface area contributed by atoms with Crippen LogP contribution in [-0.4, -0.2) is 65.4 Å². The van der Waals surface area contributed by atoms with E-state index in [-0.39, 0.29) is 35.3 Å². The molecule has 0 amide bonds. The third-order valence-corrected chi connectivity index (χ3v) is 8.48. The molecule has 0 radical (unpaired) electrons. The van der Waals surface area contributed by atoms with Crippen molar-refractivity contribution in [1.29, 1.82) is 5.26 Å². The largest absolute Gasteiger partial charge is 0.494 e. The Hall–Kier alpha value is -4.60. The van der Waals surface area contributed by atoms with Gasteiger partial charge in [0.05, 0.1) is 45.0 Å². The van der Waals surface area contributed by atoms with Gasteiger partial charge in [-0.25, -0.2) is 23.5 Å². The van der Waals surface area contributed by atoms with E-state index in [9.17, 15) is 9.18 Å². The molecule has 6 rings (SSSR count). The van der Waals surface area contributed by atoms with E-state index in [0.29, 0.717) is 48.2 Å². The standard InChI is InChI=1S/C33H33F2N5O5/c1-42-27-15-24(33(41)43-2)30(35)32-31(27)38-28(40(32)17-23-10-13-44-23)18-39-11-8-21(9-12-39)26-4-3-5-29(37-26)45-19-22-7-6-20(16-36)14-25(22)34/h3-7,14-15,21,23H,8-13,17-19H2,1-2H3/t23-/m0/s1. The molecule has 4 aromatic rings. The normalized spacial score (nSPS) is 17.1.